The van der Waals surface area contributed by atoms with Crippen LogP contribution in [0.15, 0.2) is 48.6 Å². The lowest BCUT2D eigenvalue weighted by Crippen LogP contribution is -2.47. The molecule has 0 saturated heterocycles. The summed E-state index contributed by atoms with van der Waals surface area (Å²) in [7, 11) is 0. The van der Waals surface area contributed by atoms with Gasteiger partial charge in [-0.1, -0.05) is 146 Å². The molecule has 9 heteroatoms. The van der Waals surface area contributed by atoms with Gasteiger partial charge in [0.2, 0.25) is 11.8 Å². The Kier molecular flexibility index (Phi) is 37.2. The fourth-order valence-electron chi connectivity index (χ4n) is 5.99. The highest BCUT2D eigenvalue weighted by Gasteiger charge is 2.18. The number of aliphatic hydroxyl groups is 1. The first-order valence-corrected chi connectivity index (χ1v) is 21.5. The molecule has 0 aliphatic heterocycles. The molecule has 0 heterocycles. The standard InChI is InChI=1S/C45H78N2O7/c1-3-5-7-9-11-13-14-15-16-17-18-19-20-21-23-29-33-37-44(51)54-40(34-30-26-22-12-10-8-6-4-2)35-31-27-24-25-28-32-36-42(49)46-38-43(50)47-41(39-48)45(52)53/h5,7,11,13,15-16,30,34,40-41,48H,3-4,6,8-10,12,14,17-29,31-33,35-39H2,1-2H3,(H,46,49)(H,47,50)(H,52,53)/b7-5-,13-11-,16-15-,34-30-. The van der Waals surface area contributed by atoms with Crippen molar-refractivity contribution in [1.29, 1.82) is 0 Å². The monoisotopic (exact) mass is 759 g/mol. The molecule has 0 rings (SSSR count). The van der Waals surface area contributed by atoms with Crippen LogP contribution in [-0.4, -0.2) is 59.3 Å². The summed E-state index contributed by atoms with van der Waals surface area (Å²) in [6.07, 6.45) is 45.9. The van der Waals surface area contributed by atoms with Crippen LogP contribution >= 0.6 is 0 Å². The number of rotatable bonds is 38. The third-order valence-electron chi connectivity index (χ3n) is 9.29. The molecule has 0 radical (unpaired) electrons. The molecule has 9 nitrogen and oxygen atoms in total. The molecule has 2 amide bonds. The minimum absolute atomic E-state index is 0.0888. The molecule has 2 atom stereocenters. The molecule has 0 aliphatic carbocycles. The van der Waals surface area contributed by atoms with Gasteiger partial charge >= 0.3 is 11.9 Å². The van der Waals surface area contributed by atoms with E-state index in [1.807, 2.05) is 0 Å². The molecular formula is C45H78N2O7. The van der Waals surface area contributed by atoms with Crippen molar-refractivity contribution in [3.05, 3.63) is 48.6 Å². The van der Waals surface area contributed by atoms with Crippen molar-refractivity contribution in [2.75, 3.05) is 13.2 Å². The number of hydrogen-bond acceptors (Lipinski definition) is 6. The largest absolute Gasteiger partial charge is 0.480 e. The minimum atomic E-state index is -1.38. The third-order valence-corrected chi connectivity index (χ3v) is 9.29. The number of unbranched alkanes of at least 4 members (excludes halogenated alkanes) is 18. The normalized spacial score (nSPS) is 12.9. The number of amides is 2. The molecule has 54 heavy (non-hydrogen) atoms. The van der Waals surface area contributed by atoms with Crippen LogP contribution in [0.25, 0.3) is 0 Å². The summed E-state index contributed by atoms with van der Waals surface area (Å²) in [5.74, 6) is -2.34. The molecule has 0 aliphatic rings. The second-order valence-electron chi connectivity index (χ2n) is 14.4. The molecule has 310 valence electrons. The van der Waals surface area contributed by atoms with Gasteiger partial charge in [-0.25, -0.2) is 4.79 Å². The number of allylic oxidation sites excluding steroid dienone is 7. The van der Waals surface area contributed by atoms with Gasteiger partial charge in [0.1, 0.15) is 12.1 Å². The van der Waals surface area contributed by atoms with Crippen LogP contribution < -0.4 is 10.6 Å². The molecule has 4 N–H and O–H groups in total. The van der Waals surface area contributed by atoms with E-state index < -0.39 is 24.5 Å². The van der Waals surface area contributed by atoms with Crippen LogP contribution in [0.4, 0.5) is 0 Å². The summed E-state index contributed by atoms with van der Waals surface area (Å²) >= 11 is 0. The first-order valence-electron chi connectivity index (χ1n) is 21.5. The van der Waals surface area contributed by atoms with E-state index in [9.17, 15) is 19.2 Å². The van der Waals surface area contributed by atoms with Gasteiger partial charge in [0.25, 0.3) is 0 Å². The van der Waals surface area contributed by atoms with Crippen molar-refractivity contribution in [2.24, 2.45) is 0 Å². The maximum absolute atomic E-state index is 12.7. The van der Waals surface area contributed by atoms with E-state index in [4.69, 9.17) is 14.9 Å². The number of esters is 1. The highest BCUT2D eigenvalue weighted by Crippen LogP contribution is 2.16. The fraction of sp³-hybridized carbons (Fsp3) is 0.733. The lowest BCUT2D eigenvalue weighted by Gasteiger charge is -2.15. The number of aliphatic hydroxyl groups excluding tert-OH is 1. The second-order valence-corrected chi connectivity index (χ2v) is 14.4. The molecule has 0 aromatic carbocycles. The zero-order valence-electron chi connectivity index (χ0n) is 34.2. The number of carbonyl (C=O) groups is 4. The highest BCUT2D eigenvalue weighted by atomic mass is 16.5. The number of ether oxygens (including phenoxy) is 1. The molecule has 0 saturated carbocycles. The first kappa shape index (κ1) is 50.8. The van der Waals surface area contributed by atoms with Crippen LogP contribution in [0.2, 0.25) is 0 Å². The van der Waals surface area contributed by atoms with Crippen molar-refractivity contribution >= 4 is 23.8 Å². The Morgan fingerprint density at radius 3 is 1.70 bits per heavy atom. The number of aliphatic carboxylic acids is 1. The van der Waals surface area contributed by atoms with E-state index in [0.29, 0.717) is 19.3 Å². The van der Waals surface area contributed by atoms with Crippen molar-refractivity contribution in [3.8, 4) is 0 Å². The van der Waals surface area contributed by atoms with Gasteiger partial charge < -0.3 is 25.6 Å². The van der Waals surface area contributed by atoms with Crippen molar-refractivity contribution in [2.45, 2.75) is 199 Å². The molecule has 0 spiro atoms. The number of carboxylic acids is 1. The maximum Gasteiger partial charge on any atom is 0.328 e. The summed E-state index contributed by atoms with van der Waals surface area (Å²) in [6.45, 7) is 3.35. The van der Waals surface area contributed by atoms with E-state index in [2.05, 4.69) is 73.1 Å². The Bertz CT molecular complexity index is 1050. The summed E-state index contributed by atoms with van der Waals surface area (Å²) < 4.78 is 5.94. The lowest BCUT2D eigenvalue weighted by atomic mass is 10.0. The number of carbonyl (C=O) groups excluding carboxylic acids is 3. The van der Waals surface area contributed by atoms with Crippen molar-refractivity contribution in [3.63, 3.8) is 0 Å². The van der Waals surface area contributed by atoms with Gasteiger partial charge in [-0.2, -0.15) is 0 Å². The third kappa shape index (κ3) is 35.8. The average molecular weight is 759 g/mol. The van der Waals surface area contributed by atoms with Crippen molar-refractivity contribution in [1.82, 2.24) is 10.6 Å². The highest BCUT2D eigenvalue weighted by molar-refractivity contribution is 5.87. The Hall–Kier alpha value is -3.20. The maximum atomic E-state index is 12.7. The molecule has 0 fully saturated rings. The van der Waals surface area contributed by atoms with E-state index in [1.165, 1.54) is 70.6 Å². The SMILES string of the molecule is CC/C=C\C/C=C\C/C=C\CCCCCCCCCC(=O)OC(/C=C\CCCCCCCC)CCCCCCCCC(=O)NCC(=O)NC(CO)C(=O)O. The van der Waals surface area contributed by atoms with E-state index in [1.54, 1.807) is 0 Å². The second kappa shape index (κ2) is 39.5. The van der Waals surface area contributed by atoms with Crippen LogP contribution in [-0.2, 0) is 23.9 Å². The van der Waals surface area contributed by atoms with Gasteiger partial charge in [-0.3, -0.25) is 14.4 Å². The number of carboxylic acid groups (broad SMARTS) is 1. The number of hydrogen-bond donors (Lipinski definition) is 4. The first-order chi connectivity index (χ1) is 26.3. The molecule has 0 aromatic heterocycles. The van der Waals surface area contributed by atoms with Gasteiger partial charge in [0, 0.05) is 12.8 Å². The van der Waals surface area contributed by atoms with Crippen LogP contribution in [0, 0.1) is 0 Å². The fourth-order valence-corrected chi connectivity index (χ4v) is 5.99. The van der Waals surface area contributed by atoms with Crippen LogP contribution in [0.5, 0.6) is 0 Å². The molecule has 0 bridgehead atoms. The summed E-state index contributed by atoms with van der Waals surface area (Å²) in [4.78, 5) is 47.4. The Labute approximate surface area is 328 Å². The summed E-state index contributed by atoms with van der Waals surface area (Å²) in [6, 6.07) is -1.38. The van der Waals surface area contributed by atoms with Crippen molar-refractivity contribution < 1.29 is 34.1 Å². The van der Waals surface area contributed by atoms with Gasteiger partial charge in [0.15, 0.2) is 0 Å². The van der Waals surface area contributed by atoms with Crippen LogP contribution in [0.3, 0.4) is 0 Å². The van der Waals surface area contributed by atoms with E-state index in [-0.39, 0.29) is 24.5 Å². The number of nitrogens with one attached hydrogen (secondary N) is 2. The summed E-state index contributed by atoms with van der Waals surface area (Å²) in [5.41, 5.74) is 0. The quantitative estimate of drug-likeness (QED) is 0.0279. The zero-order chi connectivity index (χ0) is 39.7. The summed E-state index contributed by atoms with van der Waals surface area (Å²) in [5, 5.41) is 22.5. The van der Waals surface area contributed by atoms with Gasteiger partial charge in [0.05, 0.1) is 13.2 Å². The Morgan fingerprint density at radius 1 is 0.593 bits per heavy atom. The smallest absolute Gasteiger partial charge is 0.328 e. The van der Waals surface area contributed by atoms with E-state index in [0.717, 1.165) is 83.5 Å². The Morgan fingerprint density at radius 2 is 1.11 bits per heavy atom. The molecule has 2 unspecified atom stereocenters. The lowest BCUT2D eigenvalue weighted by molar-refractivity contribution is -0.147. The topological polar surface area (TPSA) is 142 Å². The minimum Gasteiger partial charge on any atom is -0.480 e. The van der Waals surface area contributed by atoms with Gasteiger partial charge in [-0.15, -0.1) is 0 Å². The average Bonchev–Trinajstić information content (AvgIpc) is 3.15. The van der Waals surface area contributed by atoms with Gasteiger partial charge in [-0.05, 0) is 76.7 Å². The van der Waals surface area contributed by atoms with Crippen LogP contribution in [0.1, 0.15) is 187 Å². The van der Waals surface area contributed by atoms with E-state index >= 15 is 0 Å². The molecular weight excluding hydrogens is 681 g/mol. The zero-order valence-corrected chi connectivity index (χ0v) is 34.2. The predicted molar refractivity (Wildman–Crippen MR) is 222 cm³/mol. The predicted octanol–water partition coefficient (Wildman–Crippen LogP) is 10.4. The Balaban J connectivity index is 4.23. The molecule has 0 aromatic rings.